The summed E-state index contributed by atoms with van der Waals surface area (Å²) >= 11 is 1.61. The highest BCUT2D eigenvalue weighted by Crippen LogP contribution is 2.23. The second-order valence-electron chi connectivity index (χ2n) is 4.68. The monoisotopic (exact) mass is 253 g/mol. The van der Waals surface area contributed by atoms with E-state index < -0.39 is 0 Å². The molecule has 1 fully saturated rings. The van der Waals surface area contributed by atoms with E-state index in [-0.39, 0.29) is 18.1 Å². The highest BCUT2D eigenvalue weighted by atomic mass is 32.1. The molecule has 3 nitrogen and oxygen atoms in total. The first-order chi connectivity index (χ1) is 8.18. The SMILES string of the molecule is CN(C(=O)Cc1cccs1)[C@H]1CCCC[C@H]1O. The van der Waals surface area contributed by atoms with E-state index >= 15 is 0 Å². The van der Waals surface area contributed by atoms with E-state index in [1.807, 2.05) is 24.6 Å². The van der Waals surface area contributed by atoms with E-state index in [4.69, 9.17) is 0 Å². The van der Waals surface area contributed by atoms with Crippen molar-refractivity contribution in [3.63, 3.8) is 0 Å². The fraction of sp³-hybridized carbons (Fsp3) is 0.615. The van der Waals surface area contributed by atoms with Crippen molar-refractivity contribution in [3.8, 4) is 0 Å². The summed E-state index contributed by atoms with van der Waals surface area (Å²) in [5, 5.41) is 11.9. The predicted molar refractivity (Wildman–Crippen MR) is 69.1 cm³/mol. The zero-order valence-corrected chi connectivity index (χ0v) is 10.9. The van der Waals surface area contributed by atoms with Crippen LogP contribution in [0.2, 0.25) is 0 Å². The van der Waals surface area contributed by atoms with Crippen LogP contribution in [0.25, 0.3) is 0 Å². The van der Waals surface area contributed by atoms with Crippen molar-refractivity contribution in [1.82, 2.24) is 4.90 Å². The van der Waals surface area contributed by atoms with Crippen LogP contribution < -0.4 is 0 Å². The number of hydrogen-bond donors (Lipinski definition) is 1. The number of thiophene rings is 1. The Morgan fingerprint density at radius 3 is 2.94 bits per heavy atom. The Bertz CT molecular complexity index is 364. The second-order valence-corrected chi connectivity index (χ2v) is 5.71. The van der Waals surface area contributed by atoms with E-state index in [1.54, 1.807) is 16.2 Å². The van der Waals surface area contributed by atoms with Gasteiger partial charge in [-0.2, -0.15) is 0 Å². The third kappa shape index (κ3) is 3.07. The molecule has 1 aliphatic carbocycles. The molecular formula is C13H19NO2S. The normalized spacial score (nSPS) is 24.6. The Morgan fingerprint density at radius 2 is 2.29 bits per heavy atom. The van der Waals surface area contributed by atoms with Gasteiger partial charge in [0.2, 0.25) is 5.91 Å². The Balaban J connectivity index is 1.94. The van der Waals surface area contributed by atoms with Crippen LogP contribution in [0.1, 0.15) is 30.6 Å². The lowest BCUT2D eigenvalue weighted by molar-refractivity contribution is -0.134. The molecule has 1 aliphatic rings. The first-order valence-electron chi connectivity index (χ1n) is 6.14. The van der Waals surface area contributed by atoms with Gasteiger partial charge in [0.15, 0.2) is 0 Å². The molecule has 2 rings (SSSR count). The number of nitrogens with zero attached hydrogens (tertiary/aromatic N) is 1. The molecule has 1 amide bonds. The first-order valence-corrected chi connectivity index (χ1v) is 7.02. The molecule has 0 radical (unpaired) electrons. The van der Waals surface area contributed by atoms with Gasteiger partial charge in [-0.3, -0.25) is 4.79 Å². The number of likely N-dealkylation sites (N-methyl/N-ethyl adjacent to an activating group) is 1. The molecule has 1 heterocycles. The molecule has 0 saturated heterocycles. The van der Waals surface area contributed by atoms with E-state index in [1.165, 1.54) is 0 Å². The van der Waals surface area contributed by atoms with Crippen molar-refractivity contribution in [3.05, 3.63) is 22.4 Å². The molecule has 1 saturated carbocycles. The highest BCUT2D eigenvalue weighted by molar-refractivity contribution is 7.10. The smallest absolute Gasteiger partial charge is 0.227 e. The maximum absolute atomic E-state index is 12.1. The van der Waals surface area contributed by atoms with Gasteiger partial charge in [-0.05, 0) is 24.3 Å². The molecule has 2 atom stereocenters. The maximum atomic E-state index is 12.1. The van der Waals surface area contributed by atoms with Crippen LogP contribution in [0.15, 0.2) is 17.5 Å². The molecule has 0 unspecified atom stereocenters. The largest absolute Gasteiger partial charge is 0.391 e. The van der Waals surface area contributed by atoms with Gasteiger partial charge >= 0.3 is 0 Å². The molecule has 1 aromatic heterocycles. The summed E-state index contributed by atoms with van der Waals surface area (Å²) in [7, 11) is 1.81. The maximum Gasteiger partial charge on any atom is 0.227 e. The average Bonchev–Trinajstić information content (AvgIpc) is 2.81. The lowest BCUT2D eigenvalue weighted by Crippen LogP contribution is -2.46. The standard InChI is InChI=1S/C13H19NO2S/c1-14(11-6-2-3-7-12(11)15)13(16)9-10-5-4-8-17-10/h4-5,8,11-12,15H,2-3,6-7,9H2,1H3/t11-,12+/m0/s1. The minimum Gasteiger partial charge on any atom is -0.391 e. The van der Waals surface area contributed by atoms with Crippen molar-refractivity contribution >= 4 is 17.2 Å². The molecule has 0 aliphatic heterocycles. The van der Waals surface area contributed by atoms with Crippen LogP contribution >= 0.6 is 11.3 Å². The zero-order chi connectivity index (χ0) is 12.3. The quantitative estimate of drug-likeness (QED) is 0.895. The summed E-state index contributed by atoms with van der Waals surface area (Å²) in [6.45, 7) is 0. The average molecular weight is 253 g/mol. The number of carbonyl (C=O) groups is 1. The minimum absolute atomic E-state index is 0.0104. The van der Waals surface area contributed by atoms with Crippen molar-refractivity contribution in [2.24, 2.45) is 0 Å². The van der Waals surface area contributed by atoms with Crippen LogP contribution in [-0.4, -0.2) is 35.1 Å². The van der Waals surface area contributed by atoms with Crippen molar-refractivity contribution in [2.75, 3.05) is 7.05 Å². The van der Waals surface area contributed by atoms with E-state index in [0.29, 0.717) is 6.42 Å². The Labute approximate surface area is 106 Å². The topological polar surface area (TPSA) is 40.5 Å². The number of aliphatic hydroxyl groups excluding tert-OH is 1. The van der Waals surface area contributed by atoms with Crippen molar-refractivity contribution in [2.45, 2.75) is 44.2 Å². The van der Waals surface area contributed by atoms with E-state index in [2.05, 4.69) is 0 Å². The predicted octanol–water partition coefficient (Wildman–Crippen LogP) is 2.05. The third-order valence-corrected chi connectivity index (χ3v) is 4.37. The van der Waals surface area contributed by atoms with Gasteiger partial charge in [-0.25, -0.2) is 0 Å². The molecule has 0 bridgehead atoms. The van der Waals surface area contributed by atoms with Gasteiger partial charge in [0.1, 0.15) is 0 Å². The highest BCUT2D eigenvalue weighted by Gasteiger charge is 2.29. The number of carbonyl (C=O) groups excluding carboxylic acids is 1. The minimum atomic E-state index is -0.346. The lowest BCUT2D eigenvalue weighted by Gasteiger charge is -2.35. The van der Waals surface area contributed by atoms with Gasteiger partial charge in [-0.15, -0.1) is 11.3 Å². The van der Waals surface area contributed by atoms with Gasteiger partial charge in [0.25, 0.3) is 0 Å². The number of rotatable bonds is 3. The Hall–Kier alpha value is -0.870. The third-order valence-electron chi connectivity index (χ3n) is 3.49. The van der Waals surface area contributed by atoms with Crippen LogP contribution in [0, 0.1) is 0 Å². The zero-order valence-electron chi connectivity index (χ0n) is 10.1. The number of aliphatic hydroxyl groups is 1. The van der Waals surface area contributed by atoms with Crippen molar-refractivity contribution in [1.29, 1.82) is 0 Å². The summed E-state index contributed by atoms with van der Waals surface area (Å²) in [5.74, 6) is 0.110. The Morgan fingerprint density at radius 1 is 1.53 bits per heavy atom. The fourth-order valence-corrected chi connectivity index (χ4v) is 3.11. The summed E-state index contributed by atoms with van der Waals surface area (Å²) in [6.07, 6.45) is 4.04. The molecule has 1 N–H and O–H groups in total. The fourth-order valence-electron chi connectivity index (χ4n) is 2.42. The molecule has 1 aromatic rings. The molecule has 17 heavy (non-hydrogen) atoms. The van der Waals surface area contributed by atoms with Crippen LogP contribution in [-0.2, 0) is 11.2 Å². The van der Waals surface area contributed by atoms with Gasteiger partial charge < -0.3 is 10.0 Å². The molecule has 0 spiro atoms. The van der Waals surface area contributed by atoms with Crippen LogP contribution in [0.4, 0.5) is 0 Å². The molecule has 4 heteroatoms. The molecular weight excluding hydrogens is 234 g/mol. The van der Waals surface area contributed by atoms with Crippen molar-refractivity contribution < 1.29 is 9.90 Å². The summed E-state index contributed by atoms with van der Waals surface area (Å²) < 4.78 is 0. The molecule has 94 valence electrons. The van der Waals surface area contributed by atoms with Crippen LogP contribution in [0.3, 0.4) is 0 Å². The Kier molecular flexibility index (Phi) is 4.18. The van der Waals surface area contributed by atoms with Gasteiger partial charge in [0, 0.05) is 11.9 Å². The second kappa shape index (κ2) is 5.65. The van der Waals surface area contributed by atoms with Gasteiger partial charge in [-0.1, -0.05) is 18.9 Å². The van der Waals surface area contributed by atoms with E-state index in [9.17, 15) is 9.90 Å². The first kappa shape index (κ1) is 12.6. The lowest BCUT2D eigenvalue weighted by atomic mass is 9.91. The number of amides is 1. The summed E-state index contributed by atoms with van der Waals surface area (Å²) in [5.41, 5.74) is 0. The molecule has 0 aromatic carbocycles. The number of hydrogen-bond acceptors (Lipinski definition) is 3. The van der Waals surface area contributed by atoms with Crippen LogP contribution in [0.5, 0.6) is 0 Å². The van der Waals surface area contributed by atoms with Gasteiger partial charge in [0.05, 0.1) is 18.6 Å². The van der Waals surface area contributed by atoms with E-state index in [0.717, 1.165) is 30.6 Å². The summed E-state index contributed by atoms with van der Waals surface area (Å²) in [6, 6.07) is 3.95. The summed E-state index contributed by atoms with van der Waals surface area (Å²) in [4.78, 5) is 14.9.